The molecule has 2 aromatic rings. The molecule has 0 radical (unpaired) electrons. The van der Waals surface area contributed by atoms with E-state index in [1.54, 1.807) is 18.2 Å². The van der Waals surface area contributed by atoms with Gasteiger partial charge in [0.05, 0.1) is 6.26 Å². The molecule has 1 aliphatic heterocycles. The summed E-state index contributed by atoms with van der Waals surface area (Å²) in [7, 11) is -3.19. The quantitative estimate of drug-likeness (QED) is 0.800. The molecule has 10 heteroatoms. The van der Waals surface area contributed by atoms with Crippen molar-refractivity contribution < 1.29 is 12.9 Å². The lowest BCUT2D eigenvalue weighted by atomic mass is 10.2. The highest BCUT2D eigenvalue weighted by molar-refractivity contribution is 7.88. The Morgan fingerprint density at radius 1 is 1.08 bits per heavy atom. The van der Waals surface area contributed by atoms with Crippen molar-refractivity contribution in [1.82, 2.24) is 14.4 Å². The summed E-state index contributed by atoms with van der Waals surface area (Å²) in [5.41, 5.74) is 0.662. The molecule has 0 spiro atoms. The second kappa shape index (κ2) is 6.87. The van der Waals surface area contributed by atoms with Crippen molar-refractivity contribution in [1.29, 1.82) is 0 Å². The second-order valence-corrected chi connectivity index (χ2v) is 8.42. The van der Waals surface area contributed by atoms with Gasteiger partial charge in [0.25, 0.3) is 0 Å². The maximum atomic E-state index is 11.7. The molecule has 3 rings (SSSR count). The third-order valence-electron chi connectivity index (χ3n) is 3.73. The zero-order chi connectivity index (χ0) is 17.3. The van der Waals surface area contributed by atoms with Gasteiger partial charge >= 0.3 is 6.01 Å². The summed E-state index contributed by atoms with van der Waals surface area (Å²) >= 11 is 12.0. The normalized spacial score (nSPS) is 17.0. The van der Waals surface area contributed by atoms with E-state index in [1.807, 2.05) is 4.90 Å². The molecule has 0 N–H and O–H groups in total. The van der Waals surface area contributed by atoms with Crippen LogP contribution in [0.25, 0.3) is 11.4 Å². The van der Waals surface area contributed by atoms with Gasteiger partial charge in [0.2, 0.25) is 15.8 Å². The molecule has 1 fully saturated rings. The fraction of sp³-hybridized carbons (Fsp3) is 0.429. The van der Waals surface area contributed by atoms with Gasteiger partial charge in [0, 0.05) is 41.8 Å². The molecule has 0 bridgehead atoms. The Morgan fingerprint density at radius 2 is 1.79 bits per heavy atom. The number of rotatable bonds is 3. The van der Waals surface area contributed by atoms with Gasteiger partial charge in [-0.05, 0) is 24.6 Å². The third kappa shape index (κ3) is 4.00. The standard InChI is InChI=1S/C14H16Cl2N4O3S/c1-24(21,22)20-4-2-3-19(5-6-20)14-17-13(18-23-14)10-7-11(15)9-12(16)8-10/h7-9H,2-6H2,1H3. The first kappa shape index (κ1) is 17.5. The first-order valence-corrected chi connectivity index (χ1v) is 9.93. The SMILES string of the molecule is CS(=O)(=O)N1CCCN(c2nc(-c3cc(Cl)cc(Cl)c3)no2)CC1. The number of sulfonamides is 1. The number of hydrogen-bond acceptors (Lipinski definition) is 6. The molecule has 2 heterocycles. The van der Waals surface area contributed by atoms with Gasteiger partial charge in [0.1, 0.15) is 0 Å². The van der Waals surface area contributed by atoms with Crippen LogP contribution in [-0.4, -0.2) is 55.3 Å². The van der Waals surface area contributed by atoms with Gasteiger partial charge in [-0.3, -0.25) is 0 Å². The van der Waals surface area contributed by atoms with Crippen molar-refractivity contribution >= 4 is 39.2 Å². The number of benzene rings is 1. The summed E-state index contributed by atoms with van der Waals surface area (Å²) in [6.07, 6.45) is 1.91. The highest BCUT2D eigenvalue weighted by atomic mass is 35.5. The second-order valence-electron chi connectivity index (χ2n) is 5.56. The highest BCUT2D eigenvalue weighted by Gasteiger charge is 2.24. The molecule has 0 aliphatic carbocycles. The van der Waals surface area contributed by atoms with E-state index in [0.29, 0.717) is 60.0 Å². The van der Waals surface area contributed by atoms with E-state index in [4.69, 9.17) is 27.7 Å². The average Bonchev–Trinajstić information content (AvgIpc) is 2.82. The van der Waals surface area contributed by atoms with Crippen LogP contribution >= 0.6 is 23.2 Å². The topological polar surface area (TPSA) is 79.5 Å². The van der Waals surface area contributed by atoms with E-state index < -0.39 is 10.0 Å². The number of halogens is 2. The molecule has 0 saturated carbocycles. The van der Waals surface area contributed by atoms with Crippen LogP contribution in [0.15, 0.2) is 22.7 Å². The fourth-order valence-electron chi connectivity index (χ4n) is 2.56. The van der Waals surface area contributed by atoms with E-state index in [1.165, 1.54) is 10.6 Å². The first-order valence-electron chi connectivity index (χ1n) is 7.33. The zero-order valence-electron chi connectivity index (χ0n) is 12.9. The molecule has 0 unspecified atom stereocenters. The van der Waals surface area contributed by atoms with Crippen LogP contribution < -0.4 is 4.90 Å². The third-order valence-corrected chi connectivity index (χ3v) is 5.47. The van der Waals surface area contributed by atoms with E-state index in [2.05, 4.69) is 10.1 Å². The smallest absolute Gasteiger partial charge is 0.323 e. The largest absolute Gasteiger partial charge is 0.324 e. The van der Waals surface area contributed by atoms with Gasteiger partial charge in [-0.15, -0.1) is 0 Å². The van der Waals surface area contributed by atoms with E-state index >= 15 is 0 Å². The van der Waals surface area contributed by atoms with Crippen molar-refractivity contribution in [3.8, 4) is 11.4 Å². The number of aromatic nitrogens is 2. The molecular formula is C14H16Cl2N4O3S. The minimum Gasteiger partial charge on any atom is -0.323 e. The molecule has 1 aromatic heterocycles. The molecule has 0 atom stereocenters. The lowest BCUT2D eigenvalue weighted by Gasteiger charge is -2.18. The Labute approximate surface area is 150 Å². The van der Waals surface area contributed by atoms with Gasteiger partial charge in [0.15, 0.2) is 0 Å². The molecule has 1 aromatic carbocycles. The van der Waals surface area contributed by atoms with Crippen LogP contribution in [-0.2, 0) is 10.0 Å². The summed E-state index contributed by atoms with van der Waals surface area (Å²) in [5, 5.41) is 4.94. The Balaban J connectivity index is 1.78. The van der Waals surface area contributed by atoms with Crippen molar-refractivity contribution in [3.63, 3.8) is 0 Å². The molecule has 130 valence electrons. The lowest BCUT2D eigenvalue weighted by Crippen LogP contribution is -2.34. The summed E-state index contributed by atoms with van der Waals surface area (Å²) in [6, 6.07) is 5.39. The van der Waals surface area contributed by atoms with Gasteiger partial charge in [-0.25, -0.2) is 12.7 Å². The Hall–Kier alpha value is -1.35. The summed E-state index contributed by atoms with van der Waals surface area (Å²) in [6.45, 7) is 2.01. The lowest BCUT2D eigenvalue weighted by molar-refractivity contribution is 0.412. The maximum Gasteiger partial charge on any atom is 0.324 e. The van der Waals surface area contributed by atoms with Gasteiger partial charge in [-0.1, -0.05) is 28.4 Å². The van der Waals surface area contributed by atoms with Crippen molar-refractivity contribution in [2.45, 2.75) is 6.42 Å². The van der Waals surface area contributed by atoms with Crippen LogP contribution in [0.3, 0.4) is 0 Å². The van der Waals surface area contributed by atoms with E-state index in [-0.39, 0.29) is 0 Å². The van der Waals surface area contributed by atoms with Crippen LogP contribution in [0.4, 0.5) is 6.01 Å². The molecule has 24 heavy (non-hydrogen) atoms. The fourth-order valence-corrected chi connectivity index (χ4v) is 3.96. The number of nitrogens with zero attached hydrogens (tertiary/aromatic N) is 4. The van der Waals surface area contributed by atoms with Crippen molar-refractivity contribution in [2.24, 2.45) is 0 Å². The monoisotopic (exact) mass is 390 g/mol. The Bertz CT molecular complexity index is 820. The minimum atomic E-state index is -3.19. The highest BCUT2D eigenvalue weighted by Crippen LogP contribution is 2.27. The Kier molecular flexibility index (Phi) is 5.00. The Morgan fingerprint density at radius 3 is 2.46 bits per heavy atom. The molecule has 1 saturated heterocycles. The van der Waals surface area contributed by atoms with E-state index in [9.17, 15) is 8.42 Å². The van der Waals surface area contributed by atoms with Crippen LogP contribution in [0, 0.1) is 0 Å². The zero-order valence-corrected chi connectivity index (χ0v) is 15.3. The van der Waals surface area contributed by atoms with Crippen LogP contribution in [0.1, 0.15) is 6.42 Å². The molecule has 0 amide bonds. The maximum absolute atomic E-state index is 11.7. The molecular weight excluding hydrogens is 375 g/mol. The van der Waals surface area contributed by atoms with E-state index in [0.717, 1.165) is 0 Å². The summed E-state index contributed by atoms with van der Waals surface area (Å²) < 4.78 is 30.1. The van der Waals surface area contributed by atoms with Crippen molar-refractivity contribution in [3.05, 3.63) is 28.2 Å². The predicted octanol–water partition coefficient (Wildman–Crippen LogP) is 2.52. The first-order chi connectivity index (χ1) is 11.3. The van der Waals surface area contributed by atoms with Gasteiger partial charge < -0.3 is 9.42 Å². The summed E-state index contributed by atoms with van der Waals surface area (Å²) in [5.74, 6) is 0.388. The predicted molar refractivity (Wildman–Crippen MR) is 93.0 cm³/mol. The summed E-state index contributed by atoms with van der Waals surface area (Å²) in [4.78, 5) is 6.26. The molecule has 7 nitrogen and oxygen atoms in total. The van der Waals surface area contributed by atoms with Crippen LogP contribution in [0.5, 0.6) is 0 Å². The van der Waals surface area contributed by atoms with Crippen LogP contribution in [0.2, 0.25) is 10.0 Å². The average molecular weight is 391 g/mol. The van der Waals surface area contributed by atoms with Gasteiger partial charge in [-0.2, -0.15) is 4.98 Å². The number of hydrogen-bond donors (Lipinski definition) is 0. The minimum absolute atomic E-state index is 0.358. The number of anilines is 1. The van der Waals surface area contributed by atoms with Crippen molar-refractivity contribution in [2.75, 3.05) is 37.3 Å². The molecule has 1 aliphatic rings.